The molecule has 1 aliphatic heterocycles. The molecule has 0 spiro atoms. The number of barbiturate groups is 1. The van der Waals surface area contributed by atoms with E-state index in [4.69, 9.17) is 0 Å². The average molecular weight is 322 g/mol. The predicted octanol–water partition coefficient (Wildman–Crippen LogP) is 2.43. The Bertz CT molecular complexity index is 769. The summed E-state index contributed by atoms with van der Waals surface area (Å²) in [5.41, 5.74) is 2.84. The first-order valence-electron chi connectivity index (χ1n) is 7.80. The summed E-state index contributed by atoms with van der Waals surface area (Å²) in [4.78, 5) is 37.9. The smallest absolute Gasteiger partial charge is 0.277 e. The van der Waals surface area contributed by atoms with Crippen LogP contribution in [0.3, 0.4) is 0 Å². The van der Waals surface area contributed by atoms with Gasteiger partial charge in [-0.05, 0) is 24.5 Å². The average Bonchev–Trinajstić information content (AvgIpc) is 2.58. The largest absolute Gasteiger partial charge is 0.331 e. The molecule has 1 atom stereocenters. The minimum Gasteiger partial charge on any atom is -0.277 e. The third-order valence-electron chi connectivity index (χ3n) is 4.10. The molecule has 3 rings (SSSR count). The molecule has 1 heterocycles. The minimum atomic E-state index is -0.880. The maximum Gasteiger partial charge on any atom is 0.331 e. The molecule has 1 saturated heterocycles. The number of benzene rings is 2. The zero-order valence-corrected chi connectivity index (χ0v) is 13.4. The molecule has 2 aromatic carbocycles. The lowest BCUT2D eigenvalue weighted by atomic mass is 9.95. The van der Waals surface area contributed by atoms with Gasteiger partial charge in [0.2, 0.25) is 11.8 Å². The van der Waals surface area contributed by atoms with Crippen LogP contribution < -0.4 is 5.32 Å². The highest BCUT2D eigenvalue weighted by Crippen LogP contribution is 2.19. The van der Waals surface area contributed by atoms with Gasteiger partial charge in [-0.2, -0.15) is 0 Å². The molecule has 1 aliphatic rings. The van der Waals surface area contributed by atoms with Gasteiger partial charge in [0, 0.05) is 0 Å². The molecule has 4 amide bonds. The molecule has 1 N–H and O–H groups in total. The van der Waals surface area contributed by atoms with Gasteiger partial charge in [-0.3, -0.25) is 19.8 Å². The topological polar surface area (TPSA) is 66.5 Å². The summed E-state index contributed by atoms with van der Waals surface area (Å²) >= 11 is 0. The maximum absolute atomic E-state index is 12.7. The Morgan fingerprint density at radius 2 is 1.58 bits per heavy atom. The van der Waals surface area contributed by atoms with Crippen molar-refractivity contribution in [1.82, 2.24) is 10.2 Å². The van der Waals surface area contributed by atoms with Gasteiger partial charge in [-0.25, -0.2) is 4.79 Å². The fourth-order valence-corrected chi connectivity index (χ4v) is 2.72. The van der Waals surface area contributed by atoms with Crippen LogP contribution in [0.2, 0.25) is 0 Å². The van der Waals surface area contributed by atoms with Gasteiger partial charge in [-0.1, -0.05) is 60.2 Å². The summed E-state index contributed by atoms with van der Waals surface area (Å²) in [6, 6.07) is 16.2. The number of carbonyl (C=O) groups excluding carboxylic acids is 3. The summed E-state index contributed by atoms with van der Waals surface area (Å²) in [6.07, 6.45) is 0.281. The van der Waals surface area contributed by atoms with Crippen LogP contribution in [-0.4, -0.2) is 22.7 Å². The van der Waals surface area contributed by atoms with Crippen LogP contribution in [0, 0.1) is 12.8 Å². The quantitative estimate of drug-likeness (QED) is 0.879. The van der Waals surface area contributed by atoms with Crippen molar-refractivity contribution < 1.29 is 14.4 Å². The lowest BCUT2D eigenvalue weighted by molar-refractivity contribution is -0.142. The Morgan fingerprint density at radius 1 is 0.917 bits per heavy atom. The van der Waals surface area contributed by atoms with E-state index < -0.39 is 23.8 Å². The highest BCUT2D eigenvalue weighted by Gasteiger charge is 2.40. The summed E-state index contributed by atoms with van der Waals surface area (Å²) in [5.74, 6) is -1.86. The van der Waals surface area contributed by atoms with Gasteiger partial charge in [0.1, 0.15) is 5.92 Å². The number of imide groups is 2. The molecule has 0 aliphatic carbocycles. The number of rotatable bonds is 4. The number of hydrogen-bond donors (Lipinski definition) is 1. The summed E-state index contributed by atoms with van der Waals surface area (Å²) < 4.78 is 0. The van der Waals surface area contributed by atoms with E-state index >= 15 is 0 Å². The van der Waals surface area contributed by atoms with Crippen LogP contribution in [0.5, 0.6) is 0 Å². The molecule has 0 aromatic heterocycles. The van der Waals surface area contributed by atoms with Crippen LogP contribution in [0.15, 0.2) is 54.6 Å². The second-order valence-corrected chi connectivity index (χ2v) is 5.95. The number of nitrogens with one attached hydrogen (secondary N) is 1. The van der Waals surface area contributed by atoms with Crippen molar-refractivity contribution in [2.75, 3.05) is 0 Å². The molecule has 0 bridgehead atoms. The Morgan fingerprint density at radius 3 is 2.25 bits per heavy atom. The third kappa shape index (κ3) is 3.35. The fourth-order valence-electron chi connectivity index (χ4n) is 2.72. The zero-order valence-electron chi connectivity index (χ0n) is 13.4. The van der Waals surface area contributed by atoms with Crippen molar-refractivity contribution in [1.29, 1.82) is 0 Å². The highest BCUT2D eigenvalue weighted by atomic mass is 16.2. The van der Waals surface area contributed by atoms with Crippen LogP contribution in [0.4, 0.5) is 4.79 Å². The SMILES string of the molecule is Cc1ccc(CC2C(=O)NC(=O)N(Cc3ccccc3)C2=O)cc1. The number of amides is 4. The maximum atomic E-state index is 12.7. The fraction of sp³-hybridized carbons (Fsp3) is 0.211. The number of aryl methyl sites for hydroxylation is 1. The van der Waals surface area contributed by atoms with Gasteiger partial charge in [0.15, 0.2) is 0 Å². The van der Waals surface area contributed by atoms with Gasteiger partial charge in [0.25, 0.3) is 0 Å². The molecule has 5 nitrogen and oxygen atoms in total. The molecular formula is C19H18N2O3. The third-order valence-corrected chi connectivity index (χ3v) is 4.10. The normalized spacial score (nSPS) is 17.8. The zero-order chi connectivity index (χ0) is 17.1. The number of nitrogens with zero attached hydrogens (tertiary/aromatic N) is 1. The first kappa shape index (κ1) is 15.9. The van der Waals surface area contributed by atoms with Crippen molar-refractivity contribution in [2.24, 2.45) is 5.92 Å². The second kappa shape index (κ2) is 6.66. The van der Waals surface area contributed by atoms with Gasteiger partial charge >= 0.3 is 6.03 Å². The second-order valence-electron chi connectivity index (χ2n) is 5.95. The van der Waals surface area contributed by atoms with Gasteiger partial charge < -0.3 is 0 Å². The Kier molecular flexibility index (Phi) is 4.42. The van der Waals surface area contributed by atoms with Crippen molar-refractivity contribution in [3.8, 4) is 0 Å². The van der Waals surface area contributed by atoms with E-state index in [0.29, 0.717) is 0 Å². The van der Waals surface area contributed by atoms with E-state index in [-0.39, 0.29) is 13.0 Å². The van der Waals surface area contributed by atoms with E-state index in [1.165, 1.54) is 0 Å². The minimum absolute atomic E-state index is 0.156. The molecule has 1 fully saturated rings. The Hall–Kier alpha value is -2.95. The number of carbonyl (C=O) groups is 3. The molecule has 1 unspecified atom stereocenters. The summed E-state index contributed by atoms with van der Waals surface area (Å²) in [6.45, 7) is 2.13. The van der Waals surface area contributed by atoms with E-state index in [9.17, 15) is 14.4 Å². The molecule has 2 aromatic rings. The molecule has 24 heavy (non-hydrogen) atoms. The summed E-state index contributed by atoms with van der Waals surface area (Å²) in [5, 5.41) is 2.29. The lowest BCUT2D eigenvalue weighted by Crippen LogP contribution is -2.57. The Balaban J connectivity index is 1.79. The van der Waals surface area contributed by atoms with E-state index in [1.54, 1.807) is 0 Å². The van der Waals surface area contributed by atoms with E-state index in [0.717, 1.165) is 21.6 Å². The molecule has 0 radical (unpaired) electrons. The van der Waals surface area contributed by atoms with E-state index in [2.05, 4.69) is 5.32 Å². The highest BCUT2D eigenvalue weighted by molar-refractivity contribution is 6.16. The molecular weight excluding hydrogens is 304 g/mol. The van der Waals surface area contributed by atoms with Crippen LogP contribution in [0.25, 0.3) is 0 Å². The molecule has 0 saturated carbocycles. The lowest BCUT2D eigenvalue weighted by Gasteiger charge is -2.30. The monoisotopic (exact) mass is 322 g/mol. The number of urea groups is 1. The first-order chi connectivity index (χ1) is 11.5. The molecule has 122 valence electrons. The van der Waals surface area contributed by atoms with E-state index in [1.807, 2.05) is 61.5 Å². The standard InChI is InChI=1S/C19H18N2O3/c1-13-7-9-14(10-8-13)11-16-17(22)20-19(24)21(18(16)23)12-15-5-3-2-4-6-15/h2-10,16H,11-12H2,1H3,(H,20,22,24). The summed E-state index contributed by atoms with van der Waals surface area (Å²) in [7, 11) is 0. The first-order valence-corrected chi connectivity index (χ1v) is 7.80. The van der Waals surface area contributed by atoms with Crippen LogP contribution in [0.1, 0.15) is 16.7 Å². The van der Waals surface area contributed by atoms with Crippen molar-refractivity contribution in [3.05, 3.63) is 71.3 Å². The Labute approximate surface area is 140 Å². The van der Waals surface area contributed by atoms with Crippen molar-refractivity contribution in [2.45, 2.75) is 19.9 Å². The van der Waals surface area contributed by atoms with Crippen molar-refractivity contribution >= 4 is 17.8 Å². The van der Waals surface area contributed by atoms with Gasteiger partial charge in [0.05, 0.1) is 6.54 Å². The van der Waals surface area contributed by atoms with Gasteiger partial charge in [-0.15, -0.1) is 0 Å². The van der Waals surface area contributed by atoms with Crippen LogP contribution >= 0.6 is 0 Å². The number of hydrogen-bond acceptors (Lipinski definition) is 3. The molecule has 5 heteroatoms. The van der Waals surface area contributed by atoms with Crippen molar-refractivity contribution in [3.63, 3.8) is 0 Å². The van der Waals surface area contributed by atoms with Crippen LogP contribution in [-0.2, 0) is 22.6 Å². The predicted molar refractivity (Wildman–Crippen MR) is 88.9 cm³/mol.